The average Bonchev–Trinajstić information content (AvgIpc) is 3.54. The topological polar surface area (TPSA) is 48.4 Å². The van der Waals surface area contributed by atoms with Crippen molar-refractivity contribution in [3.8, 4) is 11.5 Å². The summed E-state index contributed by atoms with van der Waals surface area (Å²) in [6, 6.07) is 16.6. The van der Waals surface area contributed by atoms with E-state index in [0.717, 1.165) is 50.6 Å². The predicted molar refractivity (Wildman–Crippen MR) is 139 cm³/mol. The molecule has 4 aliphatic heterocycles. The van der Waals surface area contributed by atoms with E-state index < -0.39 is 6.10 Å². The van der Waals surface area contributed by atoms with Crippen molar-refractivity contribution in [3.63, 3.8) is 0 Å². The summed E-state index contributed by atoms with van der Waals surface area (Å²) in [6.07, 6.45) is 6.74. The van der Waals surface area contributed by atoms with Crippen LogP contribution in [0.15, 0.2) is 54.6 Å². The van der Waals surface area contributed by atoms with Gasteiger partial charge >= 0.3 is 0 Å². The van der Waals surface area contributed by atoms with Gasteiger partial charge in [-0.25, -0.2) is 0 Å². The Labute approximate surface area is 214 Å². The minimum absolute atomic E-state index is 0.0209. The highest BCUT2D eigenvalue weighted by atomic mass is 16.5. The highest BCUT2D eigenvalue weighted by Gasteiger charge is 2.53. The van der Waals surface area contributed by atoms with E-state index in [1.807, 2.05) is 6.08 Å². The molecular formula is C30H37N3O3. The van der Waals surface area contributed by atoms with Crippen molar-refractivity contribution in [2.75, 3.05) is 39.8 Å². The smallest absolute Gasteiger partial charge is 0.166 e. The number of piperazine rings is 1. The lowest BCUT2D eigenvalue weighted by atomic mass is 9.69. The highest BCUT2D eigenvalue weighted by molar-refractivity contribution is 5.61. The monoisotopic (exact) mass is 487 g/mol. The van der Waals surface area contributed by atoms with E-state index in [0.29, 0.717) is 18.5 Å². The molecule has 0 amide bonds. The van der Waals surface area contributed by atoms with Gasteiger partial charge in [-0.15, -0.1) is 0 Å². The summed E-state index contributed by atoms with van der Waals surface area (Å²) in [5.74, 6) is 1.71. The number of benzene rings is 2. The van der Waals surface area contributed by atoms with Crippen molar-refractivity contribution in [1.82, 2.24) is 14.7 Å². The third-order valence-corrected chi connectivity index (χ3v) is 9.43. The van der Waals surface area contributed by atoms with Crippen molar-refractivity contribution in [2.45, 2.75) is 62.1 Å². The van der Waals surface area contributed by atoms with Crippen molar-refractivity contribution in [1.29, 1.82) is 0 Å². The molecule has 4 unspecified atom stereocenters. The van der Waals surface area contributed by atoms with Crippen LogP contribution in [0, 0.1) is 0 Å². The Bertz CT molecular complexity index is 1150. The molecule has 0 saturated carbocycles. The summed E-state index contributed by atoms with van der Waals surface area (Å²) >= 11 is 0. The van der Waals surface area contributed by atoms with Crippen molar-refractivity contribution in [2.24, 2.45) is 0 Å². The zero-order valence-corrected chi connectivity index (χ0v) is 21.2. The first-order chi connectivity index (χ1) is 17.6. The number of fused-ring (bicyclic) bond motifs is 2. The zero-order valence-electron chi connectivity index (χ0n) is 21.2. The van der Waals surface area contributed by atoms with Crippen LogP contribution >= 0.6 is 0 Å². The Balaban J connectivity index is 1.04. The van der Waals surface area contributed by atoms with Gasteiger partial charge in [-0.2, -0.15) is 0 Å². The molecule has 1 N–H and O–H groups in total. The molecule has 2 bridgehead atoms. The van der Waals surface area contributed by atoms with Gasteiger partial charge < -0.3 is 14.6 Å². The maximum Gasteiger partial charge on any atom is 0.166 e. The van der Waals surface area contributed by atoms with E-state index in [2.05, 4.69) is 63.2 Å². The number of aliphatic hydroxyl groups excluding tert-OH is 1. The maximum absolute atomic E-state index is 10.3. The van der Waals surface area contributed by atoms with Crippen LogP contribution in [0.4, 0.5) is 0 Å². The summed E-state index contributed by atoms with van der Waals surface area (Å²) in [5, 5.41) is 10.3. The standard InChI is InChI=1S/C30H37N3O3/c1-35-26-8-7-22-18-31(12-11-30-10-9-25(34)16-27(30)36-29(26)28(22)30)13-14-32-19-24-15-23(32)20-33(24)17-21-5-3-2-4-6-21/h2-10,23-25,27,34H,11-20H2,1H3/t23?,24?,25-,27?,30?/m0/s1. The van der Waals surface area contributed by atoms with E-state index in [4.69, 9.17) is 9.47 Å². The maximum atomic E-state index is 10.3. The molecule has 2 aromatic carbocycles. The van der Waals surface area contributed by atoms with E-state index in [9.17, 15) is 5.11 Å². The van der Waals surface area contributed by atoms with Gasteiger partial charge in [0.05, 0.1) is 18.6 Å². The molecule has 6 heteroatoms. The van der Waals surface area contributed by atoms with Crippen LogP contribution in [0.3, 0.4) is 0 Å². The van der Waals surface area contributed by atoms with E-state index in [1.165, 1.54) is 36.2 Å². The third kappa shape index (κ3) is 3.69. The van der Waals surface area contributed by atoms with Gasteiger partial charge in [0.2, 0.25) is 0 Å². The van der Waals surface area contributed by atoms with E-state index >= 15 is 0 Å². The van der Waals surface area contributed by atoms with Crippen LogP contribution in [0.25, 0.3) is 0 Å². The fraction of sp³-hybridized carbons (Fsp3) is 0.533. The first kappa shape index (κ1) is 22.8. The Morgan fingerprint density at radius 1 is 1.03 bits per heavy atom. The fourth-order valence-electron chi connectivity index (χ4n) is 7.57. The van der Waals surface area contributed by atoms with Gasteiger partial charge in [-0.05, 0) is 36.6 Å². The fourth-order valence-corrected chi connectivity index (χ4v) is 7.57. The zero-order chi connectivity index (χ0) is 24.3. The molecule has 7 rings (SSSR count). The molecule has 5 aliphatic rings. The summed E-state index contributed by atoms with van der Waals surface area (Å²) in [5.41, 5.74) is 3.92. The van der Waals surface area contributed by atoms with E-state index in [1.54, 1.807) is 7.11 Å². The van der Waals surface area contributed by atoms with Crippen molar-refractivity contribution < 1.29 is 14.6 Å². The lowest BCUT2D eigenvalue weighted by molar-refractivity contribution is 0.0784. The number of hydrogen-bond acceptors (Lipinski definition) is 6. The third-order valence-electron chi connectivity index (χ3n) is 9.43. The molecule has 36 heavy (non-hydrogen) atoms. The van der Waals surface area contributed by atoms with Crippen LogP contribution in [-0.4, -0.2) is 83.9 Å². The van der Waals surface area contributed by atoms with Crippen molar-refractivity contribution in [3.05, 3.63) is 71.3 Å². The van der Waals surface area contributed by atoms with Gasteiger partial charge in [-0.1, -0.05) is 48.6 Å². The number of methoxy groups -OCH3 is 1. The normalized spacial score (nSPS) is 33.3. The molecular weight excluding hydrogens is 450 g/mol. The summed E-state index contributed by atoms with van der Waals surface area (Å²) in [4.78, 5) is 8.06. The summed E-state index contributed by atoms with van der Waals surface area (Å²) in [7, 11) is 1.72. The molecule has 5 atom stereocenters. The molecule has 2 saturated heterocycles. The van der Waals surface area contributed by atoms with E-state index in [-0.39, 0.29) is 11.5 Å². The van der Waals surface area contributed by atoms with Crippen LogP contribution in [0.2, 0.25) is 0 Å². The Morgan fingerprint density at radius 3 is 2.67 bits per heavy atom. The molecule has 2 aromatic rings. The SMILES string of the molecule is COc1ccc2c3c1OC1C[C@@H](O)C=CC31CCN(CCN1CC3CC1CN3Cc1ccccc1)C2. The molecule has 0 aromatic heterocycles. The molecule has 4 heterocycles. The summed E-state index contributed by atoms with van der Waals surface area (Å²) < 4.78 is 12.1. The minimum Gasteiger partial charge on any atom is -0.493 e. The second-order valence-corrected chi connectivity index (χ2v) is 11.4. The highest BCUT2D eigenvalue weighted by Crippen LogP contribution is 2.55. The quantitative estimate of drug-likeness (QED) is 0.632. The molecule has 190 valence electrons. The molecule has 1 spiro atoms. The number of likely N-dealkylation sites (tertiary alicyclic amines) is 2. The summed E-state index contributed by atoms with van der Waals surface area (Å²) in [6.45, 7) is 7.70. The second-order valence-electron chi connectivity index (χ2n) is 11.4. The van der Waals surface area contributed by atoms with Gasteiger partial charge in [0.25, 0.3) is 0 Å². The lowest BCUT2D eigenvalue weighted by Crippen LogP contribution is -2.48. The number of hydrogen-bond donors (Lipinski definition) is 1. The number of ether oxygens (including phenoxy) is 2. The second kappa shape index (κ2) is 8.88. The Morgan fingerprint density at radius 2 is 1.86 bits per heavy atom. The van der Waals surface area contributed by atoms with Crippen LogP contribution in [0.5, 0.6) is 11.5 Å². The molecule has 6 nitrogen and oxygen atoms in total. The van der Waals surface area contributed by atoms with Crippen molar-refractivity contribution >= 4 is 0 Å². The number of aliphatic hydroxyl groups is 1. The largest absolute Gasteiger partial charge is 0.493 e. The molecule has 1 aliphatic carbocycles. The number of nitrogens with zero attached hydrogens (tertiary/aromatic N) is 3. The number of rotatable bonds is 6. The Kier molecular flexibility index (Phi) is 5.62. The first-order valence-electron chi connectivity index (χ1n) is 13.6. The molecule has 0 radical (unpaired) electrons. The Hall–Kier alpha value is -2.38. The minimum atomic E-state index is -0.434. The van der Waals surface area contributed by atoms with Gasteiger partial charge in [-0.3, -0.25) is 14.7 Å². The van der Waals surface area contributed by atoms with Gasteiger partial charge in [0.1, 0.15) is 6.10 Å². The van der Waals surface area contributed by atoms with Crippen LogP contribution in [0.1, 0.15) is 36.0 Å². The van der Waals surface area contributed by atoms with Crippen LogP contribution < -0.4 is 9.47 Å². The van der Waals surface area contributed by atoms with Crippen LogP contribution in [-0.2, 0) is 18.5 Å². The molecule has 2 fully saturated rings. The predicted octanol–water partition coefficient (Wildman–Crippen LogP) is 3.18. The van der Waals surface area contributed by atoms with Gasteiger partial charge in [0, 0.05) is 63.3 Å². The average molecular weight is 488 g/mol. The van der Waals surface area contributed by atoms with Gasteiger partial charge in [0.15, 0.2) is 11.5 Å². The lowest BCUT2D eigenvalue weighted by Gasteiger charge is -2.36. The first-order valence-corrected chi connectivity index (χ1v) is 13.6.